The SMILES string of the molecule is COc1ccccc1C1C(C(=O)c2cc3ccccc3o2)=C(O)C(=O)N1CC1CCCO1. The molecular weight excluding hydrogens is 410 g/mol. The third-order valence-electron chi connectivity index (χ3n) is 6.06. The second kappa shape index (κ2) is 8.16. The molecule has 0 radical (unpaired) electrons. The number of Topliss-reactive ketones (excluding diaryl/α,β-unsaturated/α-hetero) is 1. The maximum Gasteiger partial charge on any atom is 0.290 e. The number of para-hydroxylation sites is 2. The van der Waals surface area contributed by atoms with Crippen molar-refractivity contribution < 1.29 is 28.6 Å². The lowest BCUT2D eigenvalue weighted by atomic mass is 9.94. The van der Waals surface area contributed by atoms with Crippen LogP contribution in [0.1, 0.15) is 35.0 Å². The first-order chi connectivity index (χ1) is 15.6. The van der Waals surface area contributed by atoms with Crippen LogP contribution in [0.2, 0.25) is 0 Å². The van der Waals surface area contributed by atoms with Crippen LogP contribution >= 0.6 is 0 Å². The van der Waals surface area contributed by atoms with Crippen LogP contribution in [0.4, 0.5) is 0 Å². The van der Waals surface area contributed by atoms with Crippen molar-refractivity contribution in [2.45, 2.75) is 25.0 Å². The molecule has 2 aromatic carbocycles. The van der Waals surface area contributed by atoms with Gasteiger partial charge in [0.15, 0.2) is 11.5 Å². The van der Waals surface area contributed by atoms with Gasteiger partial charge in [0.1, 0.15) is 11.3 Å². The van der Waals surface area contributed by atoms with Crippen molar-refractivity contribution >= 4 is 22.7 Å². The molecule has 1 aromatic heterocycles. The summed E-state index contributed by atoms with van der Waals surface area (Å²) in [5, 5.41) is 11.6. The summed E-state index contributed by atoms with van der Waals surface area (Å²) in [5.41, 5.74) is 1.16. The summed E-state index contributed by atoms with van der Waals surface area (Å²) in [6.07, 6.45) is 1.58. The van der Waals surface area contributed by atoms with Crippen LogP contribution in [-0.2, 0) is 9.53 Å². The third kappa shape index (κ3) is 3.35. The summed E-state index contributed by atoms with van der Waals surface area (Å²) in [5.74, 6) is -1.11. The number of hydrogen-bond acceptors (Lipinski definition) is 6. The molecule has 7 nitrogen and oxygen atoms in total. The van der Waals surface area contributed by atoms with Crippen LogP contribution < -0.4 is 4.74 Å². The highest BCUT2D eigenvalue weighted by atomic mass is 16.5. The predicted octanol–water partition coefficient (Wildman–Crippen LogP) is 4.20. The molecule has 7 heteroatoms. The Kier molecular flexibility index (Phi) is 5.19. The van der Waals surface area contributed by atoms with E-state index in [2.05, 4.69) is 0 Å². The van der Waals surface area contributed by atoms with E-state index in [1.54, 1.807) is 24.3 Å². The third-order valence-corrected chi connectivity index (χ3v) is 6.06. The van der Waals surface area contributed by atoms with Crippen molar-refractivity contribution in [1.29, 1.82) is 0 Å². The molecule has 0 spiro atoms. The molecular formula is C25H23NO6. The van der Waals surface area contributed by atoms with Crippen LogP contribution in [-0.4, -0.2) is 48.1 Å². The summed E-state index contributed by atoms with van der Waals surface area (Å²) in [4.78, 5) is 28.2. The van der Waals surface area contributed by atoms with Crippen molar-refractivity contribution in [2.24, 2.45) is 0 Å². The highest BCUT2D eigenvalue weighted by Gasteiger charge is 2.46. The maximum atomic E-state index is 13.6. The minimum atomic E-state index is -0.816. The Morgan fingerprint density at radius 1 is 1.19 bits per heavy atom. The zero-order valence-corrected chi connectivity index (χ0v) is 17.6. The number of nitrogens with zero attached hydrogens (tertiary/aromatic N) is 1. The molecule has 3 heterocycles. The number of carbonyl (C=O) groups excluding carboxylic acids is 2. The van der Waals surface area contributed by atoms with Gasteiger partial charge < -0.3 is 23.9 Å². The zero-order chi connectivity index (χ0) is 22.2. The molecule has 0 bridgehead atoms. The molecule has 0 saturated carbocycles. The van der Waals surface area contributed by atoms with E-state index in [-0.39, 0.29) is 24.0 Å². The largest absolute Gasteiger partial charge is 0.503 e. The number of methoxy groups -OCH3 is 1. The van der Waals surface area contributed by atoms with Crippen LogP contribution in [0.15, 0.2) is 70.3 Å². The highest BCUT2D eigenvalue weighted by molar-refractivity contribution is 6.16. The first-order valence-corrected chi connectivity index (χ1v) is 10.6. The summed E-state index contributed by atoms with van der Waals surface area (Å²) in [6, 6.07) is 15.3. The van der Waals surface area contributed by atoms with E-state index in [0.717, 1.165) is 18.2 Å². The standard InChI is InChI=1S/C25H23NO6/c1-30-19-11-5-3-9-17(19)22-21(23(27)20-13-15-7-2-4-10-18(15)32-20)24(28)25(29)26(22)14-16-8-6-12-31-16/h2-5,7,9-11,13,16,22,28H,6,8,12,14H2,1H3. The Morgan fingerprint density at radius 2 is 1.97 bits per heavy atom. The van der Waals surface area contributed by atoms with E-state index < -0.39 is 23.5 Å². The Morgan fingerprint density at radius 3 is 2.72 bits per heavy atom. The van der Waals surface area contributed by atoms with Crippen molar-refractivity contribution in [3.63, 3.8) is 0 Å². The van der Waals surface area contributed by atoms with Gasteiger partial charge in [0.2, 0.25) is 5.78 Å². The van der Waals surface area contributed by atoms with Gasteiger partial charge in [-0.3, -0.25) is 9.59 Å². The van der Waals surface area contributed by atoms with Crippen LogP contribution in [0, 0.1) is 0 Å². The lowest BCUT2D eigenvalue weighted by Gasteiger charge is -2.29. The van der Waals surface area contributed by atoms with Gasteiger partial charge in [-0.15, -0.1) is 0 Å². The van der Waals surface area contributed by atoms with Gasteiger partial charge in [0.25, 0.3) is 5.91 Å². The molecule has 2 unspecified atom stereocenters. The first kappa shape index (κ1) is 20.3. The highest BCUT2D eigenvalue weighted by Crippen LogP contribution is 2.43. The van der Waals surface area contributed by atoms with E-state index >= 15 is 0 Å². The quantitative estimate of drug-likeness (QED) is 0.586. The van der Waals surface area contributed by atoms with Gasteiger partial charge in [-0.05, 0) is 31.0 Å². The summed E-state index contributed by atoms with van der Waals surface area (Å²) < 4.78 is 17.0. The van der Waals surface area contributed by atoms with Crippen molar-refractivity contribution in [1.82, 2.24) is 4.90 Å². The minimum Gasteiger partial charge on any atom is -0.503 e. The zero-order valence-electron chi connectivity index (χ0n) is 17.6. The maximum absolute atomic E-state index is 13.6. The van der Waals surface area contributed by atoms with Gasteiger partial charge in [0, 0.05) is 24.1 Å². The van der Waals surface area contributed by atoms with E-state index in [1.165, 1.54) is 12.0 Å². The lowest BCUT2D eigenvalue weighted by Crippen LogP contribution is -2.37. The van der Waals surface area contributed by atoms with Gasteiger partial charge >= 0.3 is 0 Å². The average molecular weight is 433 g/mol. The molecule has 1 N–H and O–H groups in total. The van der Waals surface area contributed by atoms with E-state index in [9.17, 15) is 14.7 Å². The fourth-order valence-electron chi connectivity index (χ4n) is 4.52. The molecule has 164 valence electrons. The molecule has 5 rings (SSSR count). The van der Waals surface area contributed by atoms with Crippen LogP contribution in [0.3, 0.4) is 0 Å². The number of carbonyl (C=O) groups is 2. The van der Waals surface area contributed by atoms with Gasteiger partial charge in [-0.2, -0.15) is 0 Å². The minimum absolute atomic E-state index is 0.0171. The number of furan rings is 1. The van der Waals surface area contributed by atoms with E-state index in [4.69, 9.17) is 13.9 Å². The number of hydrogen-bond donors (Lipinski definition) is 1. The first-order valence-electron chi connectivity index (χ1n) is 10.6. The second-order valence-electron chi connectivity index (χ2n) is 7.98. The van der Waals surface area contributed by atoms with Gasteiger partial charge in [-0.25, -0.2) is 0 Å². The Balaban J connectivity index is 1.60. The predicted molar refractivity (Wildman–Crippen MR) is 117 cm³/mol. The van der Waals surface area contributed by atoms with Crippen molar-refractivity contribution in [3.05, 3.63) is 77.3 Å². The summed E-state index contributed by atoms with van der Waals surface area (Å²) in [6.45, 7) is 0.902. The molecule has 2 aliphatic heterocycles. The number of benzene rings is 2. The lowest BCUT2D eigenvalue weighted by molar-refractivity contribution is -0.131. The smallest absolute Gasteiger partial charge is 0.290 e. The monoisotopic (exact) mass is 433 g/mol. The topological polar surface area (TPSA) is 89.2 Å². The summed E-state index contributed by atoms with van der Waals surface area (Å²) >= 11 is 0. The van der Waals surface area contributed by atoms with Crippen molar-refractivity contribution in [2.75, 3.05) is 20.3 Å². The van der Waals surface area contributed by atoms with Crippen LogP contribution in [0.25, 0.3) is 11.0 Å². The number of amides is 1. The molecule has 3 aromatic rings. The molecule has 1 amide bonds. The molecule has 32 heavy (non-hydrogen) atoms. The molecule has 1 fully saturated rings. The number of aliphatic hydroxyl groups excluding tert-OH is 1. The second-order valence-corrected chi connectivity index (χ2v) is 7.98. The fourth-order valence-corrected chi connectivity index (χ4v) is 4.52. The number of aliphatic hydroxyl groups is 1. The van der Waals surface area contributed by atoms with Crippen molar-refractivity contribution in [3.8, 4) is 5.75 Å². The molecule has 1 saturated heterocycles. The summed E-state index contributed by atoms with van der Waals surface area (Å²) in [7, 11) is 1.53. The normalized spacial score (nSPS) is 21.0. The molecule has 0 aliphatic carbocycles. The number of fused-ring (bicyclic) bond motifs is 1. The Bertz CT molecular complexity index is 1190. The van der Waals surface area contributed by atoms with E-state index in [1.807, 2.05) is 30.3 Å². The Hall–Kier alpha value is -3.58. The van der Waals surface area contributed by atoms with Gasteiger partial charge in [-0.1, -0.05) is 36.4 Å². The molecule has 2 atom stereocenters. The number of ketones is 1. The number of rotatable bonds is 6. The van der Waals surface area contributed by atoms with Crippen LogP contribution in [0.5, 0.6) is 5.75 Å². The van der Waals surface area contributed by atoms with E-state index in [0.29, 0.717) is 23.5 Å². The Labute approximate surface area is 184 Å². The average Bonchev–Trinajstić information content (AvgIpc) is 3.54. The molecule has 2 aliphatic rings. The van der Waals surface area contributed by atoms with Gasteiger partial charge in [0.05, 0.1) is 24.8 Å². The number of ether oxygens (including phenoxy) is 2. The fraction of sp³-hybridized carbons (Fsp3) is 0.280.